The van der Waals surface area contributed by atoms with Crippen LogP contribution in [0.5, 0.6) is 0 Å². The standard InChI is InChI=1S/C14H14N4/c1-18-14(10-16-17-18)15-9-12-7-4-6-11-5-2-3-8-13(11)12/h2-8,10,15H,9H2,1H3. The van der Waals surface area contributed by atoms with Crippen molar-refractivity contribution in [1.82, 2.24) is 15.0 Å². The largest absolute Gasteiger partial charge is 0.365 e. The number of hydrogen-bond acceptors (Lipinski definition) is 3. The molecule has 0 spiro atoms. The molecule has 3 aromatic rings. The lowest BCUT2D eigenvalue weighted by Gasteiger charge is -2.08. The van der Waals surface area contributed by atoms with Gasteiger partial charge < -0.3 is 5.32 Å². The molecule has 0 aliphatic rings. The van der Waals surface area contributed by atoms with Crippen LogP contribution >= 0.6 is 0 Å². The van der Waals surface area contributed by atoms with E-state index >= 15 is 0 Å². The summed E-state index contributed by atoms with van der Waals surface area (Å²) in [5.41, 5.74) is 1.27. The molecule has 0 fully saturated rings. The third-order valence-corrected chi connectivity index (χ3v) is 3.05. The van der Waals surface area contributed by atoms with Gasteiger partial charge in [-0.15, -0.1) is 5.10 Å². The Morgan fingerprint density at radius 2 is 1.94 bits per heavy atom. The third kappa shape index (κ3) is 1.93. The zero-order valence-corrected chi connectivity index (χ0v) is 10.2. The molecule has 0 bridgehead atoms. The van der Waals surface area contributed by atoms with E-state index in [1.165, 1.54) is 16.3 Å². The molecular formula is C14H14N4. The molecule has 3 rings (SSSR count). The lowest BCUT2D eigenvalue weighted by molar-refractivity contribution is 0.717. The van der Waals surface area contributed by atoms with Crippen molar-refractivity contribution >= 4 is 16.6 Å². The van der Waals surface area contributed by atoms with Gasteiger partial charge in [0.05, 0.1) is 6.20 Å². The number of hydrogen-bond donors (Lipinski definition) is 1. The molecule has 0 radical (unpaired) electrons. The Labute approximate surface area is 105 Å². The van der Waals surface area contributed by atoms with E-state index in [4.69, 9.17) is 0 Å². The van der Waals surface area contributed by atoms with Gasteiger partial charge in [0.25, 0.3) is 0 Å². The average molecular weight is 238 g/mol. The van der Waals surface area contributed by atoms with Gasteiger partial charge in [0.15, 0.2) is 0 Å². The van der Waals surface area contributed by atoms with Gasteiger partial charge in [-0.05, 0) is 16.3 Å². The average Bonchev–Trinajstić information content (AvgIpc) is 2.82. The van der Waals surface area contributed by atoms with Crippen LogP contribution in [-0.4, -0.2) is 15.0 Å². The summed E-state index contributed by atoms with van der Waals surface area (Å²) in [5, 5.41) is 13.6. The van der Waals surface area contributed by atoms with E-state index in [2.05, 4.69) is 58.1 Å². The molecule has 0 saturated heterocycles. The number of rotatable bonds is 3. The van der Waals surface area contributed by atoms with E-state index in [0.717, 1.165) is 12.4 Å². The van der Waals surface area contributed by atoms with Crippen molar-refractivity contribution in [2.75, 3.05) is 5.32 Å². The van der Waals surface area contributed by atoms with E-state index in [-0.39, 0.29) is 0 Å². The fourth-order valence-electron chi connectivity index (χ4n) is 2.08. The second-order valence-corrected chi connectivity index (χ2v) is 4.23. The molecule has 1 aromatic heterocycles. The number of fused-ring (bicyclic) bond motifs is 1. The minimum Gasteiger partial charge on any atom is -0.365 e. The predicted octanol–water partition coefficient (Wildman–Crippen LogP) is 2.58. The van der Waals surface area contributed by atoms with Crippen LogP contribution < -0.4 is 5.32 Å². The summed E-state index contributed by atoms with van der Waals surface area (Å²) >= 11 is 0. The first kappa shape index (κ1) is 10.8. The number of aryl methyl sites for hydroxylation is 1. The van der Waals surface area contributed by atoms with Gasteiger partial charge >= 0.3 is 0 Å². The molecule has 0 aliphatic heterocycles. The Bertz CT molecular complexity index is 667. The fourth-order valence-corrected chi connectivity index (χ4v) is 2.08. The maximum absolute atomic E-state index is 3.90. The summed E-state index contributed by atoms with van der Waals surface area (Å²) in [4.78, 5) is 0. The highest BCUT2D eigenvalue weighted by Gasteiger charge is 2.02. The maximum Gasteiger partial charge on any atom is 0.144 e. The highest BCUT2D eigenvalue weighted by Crippen LogP contribution is 2.19. The number of anilines is 1. The van der Waals surface area contributed by atoms with Crippen LogP contribution in [0.3, 0.4) is 0 Å². The Morgan fingerprint density at radius 1 is 1.11 bits per heavy atom. The first-order valence-electron chi connectivity index (χ1n) is 5.90. The van der Waals surface area contributed by atoms with E-state index < -0.39 is 0 Å². The van der Waals surface area contributed by atoms with Gasteiger partial charge in [-0.2, -0.15) is 0 Å². The lowest BCUT2D eigenvalue weighted by atomic mass is 10.0. The van der Waals surface area contributed by atoms with Crippen LogP contribution in [0, 0.1) is 0 Å². The van der Waals surface area contributed by atoms with E-state index in [0.29, 0.717) is 0 Å². The van der Waals surface area contributed by atoms with Crippen LogP contribution in [0.15, 0.2) is 48.7 Å². The molecular weight excluding hydrogens is 224 g/mol. The summed E-state index contributed by atoms with van der Waals surface area (Å²) in [7, 11) is 1.87. The van der Waals surface area contributed by atoms with Crippen LogP contribution in [0.4, 0.5) is 5.82 Å². The summed E-state index contributed by atoms with van der Waals surface area (Å²) in [5.74, 6) is 0.919. The van der Waals surface area contributed by atoms with Crippen LogP contribution in [0.1, 0.15) is 5.56 Å². The predicted molar refractivity (Wildman–Crippen MR) is 72.3 cm³/mol. The van der Waals surface area contributed by atoms with Crippen molar-refractivity contribution in [3.63, 3.8) is 0 Å². The van der Waals surface area contributed by atoms with E-state index in [9.17, 15) is 0 Å². The van der Waals surface area contributed by atoms with Crippen molar-refractivity contribution in [3.8, 4) is 0 Å². The Kier molecular flexibility index (Phi) is 2.68. The molecule has 0 saturated carbocycles. The molecule has 0 atom stereocenters. The summed E-state index contributed by atoms with van der Waals surface area (Å²) in [6.45, 7) is 0.766. The Morgan fingerprint density at radius 3 is 2.78 bits per heavy atom. The van der Waals surface area contributed by atoms with Gasteiger partial charge in [0.2, 0.25) is 0 Å². The number of aromatic nitrogens is 3. The van der Waals surface area contributed by atoms with Crippen LogP contribution in [0.2, 0.25) is 0 Å². The van der Waals surface area contributed by atoms with Crippen molar-refractivity contribution < 1.29 is 0 Å². The topological polar surface area (TPSA) is 42.7 Å². The van der Waals surface area contributed by atoms with E-state index in [1.54, 1.807) is 10.9 Å². The molecule has 90 valence electrons. The fraction of sp³-hybridized carbons (Fsp3) is 0.143. The SMILES string of the molecule is Cn1nncc1NCc1cccc2ccccc12. The first-order chi connectivity index (χ1) is 8.84. The molecule has 18 heavy (non-hydrogen) atoms. The molecule has 1 N–H and O–H groups in total. The smallest absolute Gasteiger partial charge is 0.144 e. The molecule has 4 nitrogen and oxygen atoms in total. The Hall–Kier alpha value is -2.36. The van der Waals surface area contributed by atoms with Gasteiger partial charge in [0.1, 0.15) is 5.82 Å². The quantitative estimate of drug-likeness (QED) is 0.762. The second-order valence-electron chi connectivity index (χ2n) is 4.23. The summed E-state index contributed by atoms with van der Waals surface area (Å²) < 4.78 is 1.73. The van der Waals surface area contributed by atoms with Crippen LogP contribution in [-0.2, 0) is 13.6 Å². The number of nitrogens with one attached hydrogen (secondary N) is 1. The van der Waals surface area contributed by atoms with Crippen molar-refractivity contribution in [3.05, 3.63) is 54.2 Å². The lowest BCUT2D eigenvalue weighted by Crippen LogP contribution is -2.04. The van der Waals surface area contributed by atoms with Gasteiger partial charge in [-0.25, -0.2) is 4.68 Å². The maximum atomic E-state index is 3.90. The minimum atomic E-state index is 0.766. The van der Waals surface area contributed by atoms with Gasteiger partial charge in [0, 0.05) is 13.6 Å². The van der Waals surface area contributed by atoms with Crippen molar-refractivity contribution in [2.45, 2.75) is 6.54 Å². The molecule has 0 aliphatic carbocycles. The minimum absolute atomic E-state index is 0.766. The summed E-state index contributed by atoms with van der Waals surface area (Å²) in [6.07, 6.45) is 1.73. The van der Waals surface area contributed by atoms with Crippen LogP contribution in [0.25, 0.3) is 10.8 Å². The molecule has 1 heterocycles. The highest BCUT2D eigenvalue weighted by atomic mass is 15.4. The highest BCUT2D eigenvalue weighted by molar-refractivity contribution is 5.85. The number of benzene rings is 2. The second kappa shape index (κ2) is 4.49. The third-order valence-electron chi connectivity index (χ3n) is 3.05. The molecule has 0 amide bonds. The zero-order valence-electron chi connectivity index (χ0n) is 10.2. The van der Waals surface area contributed by atoms with Crippen molar-refractivity contribution in [2.24, 2.45) is 7.05 Å². The van der Waals surface area contributed by atoms with E-state index in [1.807, 2.05) is 7.05 Å². The molecule has 2 aromatic carbocycles. The number of nitrogens with zero attached hydrogens (tertiary/aromatic N) is 3. The first-order valence-corrected chi connectivity index (χ1v) is 5.90. The molecule has 4 heteroatoms. The van der Waals surface area contributed by atoms with Gasteiger partial charge in [-0.1, -0.05) is 47.7 Å². The zero-order chi connectivity index (χ0) is 12.4. The normalized spacial score (nSPS) is 10.7. The van der Waals surface area contributed by atoms with Gasteiger partial charge in [-0.3, -0.25) is 0 Å². The Balaban J connectivity index is 1.89. The monoisotopic (exact) mass is 238 g/mol. The summed E-state index contributed by atoms with van der Waals surface area (Å²) in [6, 6.07) is 14.8. The van der Waals surface area contributed by atoms with Crippen molar-refractivity contribution in [1.29, 1.82) is 0 Å². The molecule has 0 unspecified atom stereocenters.